The number of ether oxygens (including phenoxy) is 2. The Kier molecular flexibility index (Phi) is 8.03. The molecule has 1 unspecified atom stereocenters. The van der Waals surface area contributed by atoms with E-state index in [0.29, 0.717) is 12.2 Å². The number of piperazine rings is 1. The van der Waals surface area contributed by atoms with Crippen LogP contribution in [-0.2, 0) is 0 Å². The molecule has 1 aliphatic heterocycles. The topological polar surface area (TPSA) is 71.2 Å². The van der Waals surface area contributed by atoms with E-state index in [1.807, 2.05) is 30.3 Å². The first-order valence-corrected chi connectivity index (χ1v) is 8.92. The van der Waals surface area contributed by atoms with Crippen molar-refractivity contribution >= 4 is 23.8 Å². The highest BCUT2D eigenvalue weighted by Gasteiger charge is 2.21. The monoisotopic (exact) mass is 393 g/mol. The Labute approximate surface area is 166 Å². The molecule has 0 aliphatic carbocycles. The van der Waals surface area contributed by atoms with Crippen LogP contribution in [0.2, 0.25) is 0 Å². The molecule has 1 heterocycles. The van der Waals surface area contributed by atoms with E-state index in [4.69, 9.17) is 15.2 Å². The molecular formula is C20H28ClN3O3. The highest BCUT2D eigenvalue weighted by Crippen LogP contribution is 2.28. The first-order valence-electron chi connectivity index (χ1n) is 8.92. The van der Waals surface area contributed by atoms with Gasteiger partial charge in [0.05, 0.1) is 12.8 Å². The van der Waals surface area contributed by atoms with Gasteiger partial charge in [-0.25, -0.2) is 0 Å². The van der Waals surface area contributed by atoms with Gasteiger partial charge < -0.3 is 25.2 Å². The fourth-order valence-electron chi connectivity index (χ4n) is 3.17. The minimum absolute atomic E-state index is 0. The molecule has 3 rings (SSSR count). The van der Waals surface area contributed by atoms with Crippen molar-refractivity contribution in [2.75, 3.05) is 57.1 Å². The molecule has 3 N–H and O–H groups in total. The number of aliphatic hydroxyl groups excluding tert-OH is 1. The maximum atomic E-state index is 10.3. The number of hydrogen-bond donors (Lipinski definition) is 2. The van der Waals surface area contributed by atoms with E-state index in [9.17, 15) is 5.11 Å². The number of methoxy groups -OCH3 is 1. The van der Waals surface area contributed by atoms with Crippen molar-refractivity contribution in [3.8, 4) is 11.5 Å². The number of benzene rings is 2. The van der Waals surface area contributed by atoms with Crippen molar-refractivity contribution in [2.24, 2.45) is 0 Å². The predicted octanol–water partition coefficient (Wildman–Crippen LogP) is 2.26. The third-order valence-corrected chi connectivity index (χ3v) is 4.59. The fraction of sp³-hybridized carbons (Fsp3) is 0.400. The second-order valence-corrected chi connectivity index (χ2v) is 6.49. The van der Waals surface area contributed by atoms with Crippen LogP contribution in [0.1, 0.15) is 0 Å². The Bertz CT molecular complexity index is 691. The van der Waals surface area contributed by atoms with Crippen molar-refractivity contribution < 1.29 is 14.6 Å². The lowest BCUT2D eigenvalue weighted by Gasteiger charge is -2.37. The van der Waals surface area contributed by atoms with Gasteiger partial charge in [0.2, 0.25) is 0 Å². The quantitative estimate of drug-likeness (QED) is 0.703. The summed E-state index contributed by atoms with van der Waals surface area (Å²) >= 11 is 0. The Morgan fingerprint density at radius 1 is 1.04 bits per heavy atom. The second-order valence-electron chi connectivity index (χ2n) is 6.49. The maximum Gasteiger partial charge on any atom is 0.142 e. The molecule has 1 saturated heterocycles. The zero-order chi connectivity index (χ0) is 18.4. The smallest absolute Gasteiger partial charge is 0.142 e. The molecule has 1 fully saturated rings. The number of hydrogen-bond acceptors (Lipinski definition) is 6. The van der Waals surface area contributed by atoms with E-state index in [2.05, 4.69) is 15.9 Å². The summed E-state index contributed by atoms with van der Waals surface area (Å²) in [6.07, 6.45) is -0.523. The van der Waals surface area contributed by atoms with Gasteiger partial charge in [0, 0.05) is 38.4 Å². The molecule has 1 atom stereocenters. The van der Waals surface area contributed by atoms with Gasteiger partial charge in [-0.2, -0.15) is 0 Å². The Morgan fingerprint density at radius 2 is 1.70 bits per heavy atom. The standard InChI is InChI=1S/C20H27N3O3.ClH/c1-25-20-5-3-2-4-19(20)23-12-10-22(11-13-23)14-17(24)15-26-18-8-6-16(21)7-9-18;/h2-9,17,24H,10-15,21H2,1H3;1H. The minimum atomic E-state index is -0.523. The van der Waals surface area contributed by atoms with Crippen LogP contribution in [0, 0.1) is 0 Å². The number of nitrogens with zero attached hydrogens (tertiary/aromatic N) is 2. The first-order chi connectivity index (χ1) is 12.7. The molecule has 0 radical (unpaired) electrons. The fourth-order valence-corrected chi connectivity index (χ4v) is 3.17. The number of anilines is 2. The predicted molar refractivity (Wildman–Crippen MR) is 111 cm³/mol. The SMILES string of the molecule is COc1ccccc1N1CCN(CC(O)COc2ccc(N)cc2)CC1.Cl. The van der Waals surface area contributed by atoms with Crippen molar-refractivity contribution in [1.82, 2.24) is 4.90 Å². The summed E-state index contributed by atoms with van der Waals surface area (Å²) in [6, 6.07) is 15.3. The van der Waals surface area contributed by atoms with Crippen LogP contribution in [0.5, 0.6) is 11.5 Å². The van der Waals surface area contributed by atoms with Crippen LogP contribution in [0.15, 0.2) is 48.5 Å². The number of nitrogens with two attached hydrogens (primary N) is 1. The lowest BCUT2D eigenvalue weighted by molar-refractivity contribution is 0.0663. The van der Waals surface area contributed by atoms with Crippen LogP contribution in [-0.4, -0.2) is 62.6 Å². The van der Waals surface area contributed by atoms with Crippen LogP contribution in [0.3, 0.4) is 0 Å². The van der Waals surface area contributed by atoms with Crippen molar-refractivity contribution in [2.45, 2.75) is 6.10 Å². The third kappa shape index (κ3) is 5.92. The molecule has 0 amide bonds. The van der Waals surface area contributed by atoms with Gasteiger partial charge in [-0.3, -0.25) is 4.90 Å². The van der Waals surface area contributed by atoms with Crippen LogP contribution in [0.25, 0.3) is 0 Å². The van der Waals surface area contributed by atoms with Crippen molar-refractivity contribution in [3.05, 3.63) is 48.5 Å². The molecule has 1 aliphatic rings. The molecule has 7 heteroatoms. The van der Waals surface area contributed by atoms with E-state index < -0.39 is 6.10 Å². The summed E-state index contributed by atoms with van der Waals surface area (Å²) in [6.45, 7) is 4.50. The Morgan fingerprint density at radius 3 is 2.37 bits per heavy atom. The van der Waals surface area contributed by atoms with E-state index in [-0.39, 0.29) is 19.0 Å². The average Bonchev–Trinajstić information content (AvgIpc) is 2.68. The van der Waals surface area contributed by atoms with Crippen LogP contribution < -0.4 is 20.1 Å². The van der Waals surface area contributed by atoms with Gasteiger partial charge in [-0.1, -0.05) is 12.1 Å². The Hall–Kier alpha value is -2.15. The lowest BCUT2D eigenvalue weighted by Crippen LogP contribution is -2.49. The van der Waals surface area contributed by atoms with Crippen molar-refractivity contribution in [1.29, 1.82) is 0 Å². The van der Waals surface area contributed by atoms with E-state index >= 15 is 0 Å². The van der Waals surface area contributed by atoms with Gasteiger partial charge >= 0.3 is 0 Å². The van der Waals surface area contributed by atoms with E-state index in [0.717, 1.165) is 43.4 Å². The summed E-state index contributed by atoms with van der Waals surface area (Å²) in [5, 5.41) is 10.3. The van der Waals surface area contributed by atoms with Gasteiger partial charge in [0.15, 0.2) is 0 Å². The van der Waals surface area contributed by atoms with Gasteiger partial charge in [0.1, 0.15) is 24.2 Å². The molecule has 0 aromatic heterocycles. The molecule has 2 aromatic carbocycles. The molecule has 0 spiro atoms. The zero-order valence-electron chi connectivity index (χ0n) is 15.6. The molecule has 27 heavy (non-hydrogen) atoms. The average molecular weight is 394 g/mol. The summed E-state index contributed by atoms with van der Waals surface area (Å²) in [4.78, 5) is 4.59. The third-order valence-electron chi connectivity index (χ3n) is 4.59. The number of nitrogen functional groups attached to an aromatic ring is 1. The molecule has 148 valence electrons. The molecule has 6 nitrogen and oxygen atoms in total. The highest BCUT2D eigenvalue weighted by atomic mass is 35.5. The largest absolute Gasteiger partial charge is 0.495 e. The van der Waals surface area contributed by atoms with Gasteiger partial charge in [0.25, 0.3) is 0 Å². The van der Waals surface area contributed by atoms with E-state index in [1.54, 1.807) is 19.2 Å². The maximum absolute atomic E-state index is 10.3. The summed E-state index contributed by atoms with van der Waals surface area (Å²) in [5.41, 5.74) is 7.48. The summed E-state index contributed by atoms with van der Waals surface area (Å²) < 4.78 is 11.1. The van der Waals surface area contributed by atoms with Crippen LogP contribution >= 0.6 is 12.4 Å². The minimum Gasteiger partial charge on any atom is -0.495 e. The summed E-state index contributed by atoms with van der Waals surface area (Å²) in [5.74, 6) is 1.62. The normalized spacial score (nSPS) is 15.7. The second kappa shape index (κ2) is 10.3. The number of halogens is 1. The summed E-state index contributed by atoms with van der Waals surface area (Å²) in [7, 11) is 1.70. The molecule has 2 aromatic rings. The van der Waals surface area contributed by atoms with E-state index in [1.165, 1.54) is 0 Å². The number of aliphatic hydroxyl groups is 1. The lowest BCUT2D eigenvalue weighted by atomic mass is 10.2. The first kappa shape index (κ1) is 21.2. The molecule has 0 saturated carbocycles. The van der Waals surface area contributed by atoms with Crippen LogP contribution in [0.4, 0.5) is 11.4 Å². The Balaban J connectivity index is 0.00000261. The molecular weight excluding hydrogens is 366 g/mol. The van der Waals surface area contributed by atoms with Crippen molar-refractivity contribution in [3.63, 3.8) is 0 Å². The number of β-amino-alcohol motifs (C(OH)–C–C–N with tert-alkyl or cyclic N) is 1. The van der Waals surface area contributed by atoms with Gasteiger partial charge in [-0.05, 0) is 36.4 Å². The number of para-hydroxylation sites is 2. The van der Waals surface area contributed by atoms with Gasteiger partial charge in [-0.15, -0.1) is 12.4 Å². The number of rotatable bonds is 7. The highest BCUT2D eigenvalue weighted by molar-refractivity contribution is 5.85. The molecule has 0 bridgehead atoms. The zero-order valence-corrected chi connectivity index (χ0v) is 16.4.